The molecular weight excluding hydrogens is 512 g/mol. The number of hydrogen-bond acceptors (Lipinski definition) is 8. The third-order valence-corrected chi connectivity index (χ3v) is 9.53. The van der Waals surface area contributed by atoms with E-state index in [1.165, 1.54) is 16.2 Å². The lowest BCUT2D eigenvalue weighted by atomic mass is 9.79. The number of carbonyl (C=O) groups is 3. The number of rotatable bonds is 4. The molecule has 1 aliphatic carbocycles. The molecule has 0 aromatic carbocycles. The number of nitrogens with zero attached hydrogens (tertiary/aromatic N) is 5. The minimum atomic E-state index is -0.739. The maximum absolute atomic E-state index is 14.0. The van der Waals surface area contributed by atoms with Gasteiger partial charge >= 0.3 is 0 Å². The maximum Gasteiger partial charge on any atom is 0.262 e. The van der Waals surface area contributed by atoms with Crippen molar-refractivity contribution < 1.29 is 14.4 Å². The first kappa shape index (κ1) is 26.3. The molecule has 4 aliphatic rings. The van der Waals surface area contributed by atoms with Gasteiger partial charge in [0.2, 0.25) is 5.91 Å². The van der Waals surface area contributed by atoms with Crippen LogP contribution in [0.4, 0.5) is 5.13 Å². The summed E-state index contributed by atoms with van der Waals surface area (Å²) in [6, 6.07) is -1.61. The Bertz CT molecular complexity index is 1110. The largest absolute Gasteiger partial charge is 0.352 e. The van der Waals surface area contributed by atoms with Crippen LogP contribution >= 0.6 is 22.9 Å². The van der Waals surface area contributed by atoms with E-state index in [2.05, 4.69) is 16.8 Å². The molecule has 2 bridgehead atoms. The number of thiazole rings is 1. The van der Waals surface area contributed by atoms with Crippen LogP contribution in [0.5, 0.6) is 0 Å². The molecule has 1 saturated carbocycles. The summed E-state index contributed by atoms with van der Waals surface area (Å²) in [5.41, 5.74) is 6.50. The van der Waals surface area contributed by atoms with E-state index in [4.69, 9.17) is 17.3 Å². The van der Waals surface area contributed by atoms with Crippen LogP contribution in [0.2, 0.25) is 0 Å². The van der Waals surface area contributed by atoms with E-state index in [0.717, 1.165) is 43.6 Å². The molecule has 11 heteroatoms. The van der Waals surface area contributed by atoms with E-state index in [9.17, 15) is 14.4 Å². The smallest absolute Gasteiger partial charge is 0.262 e. The highest BCUT2D eigenvalue weighted by molar-refractivity contribution is 7.16. The predicted octanol–water partition coefficient (Wildman–Crippen LogP) is 2.70. The van der Waals surface area contributed by atoms with E-state index in [1.807, 2.05) is 9.80 Å². The van der Waals surface area contributed by atoms with Crippen molar-refractivity contribution in [3.05, 3.63) is 34.5 Å². The topological polar surface area (TPSA) is 103 Å². The van der Waals surface area contributed by atoms with Crippen LogP contribution in [0.15, 0.2) is 29.6 Å². The Hall–Kier alpha value is -2.27. The second kappa shape index (κ2) is 10.8. The first-order valence-corrected chi connectivity index (χ1v) is 14.3. The Morgan fingerprint density at radius 3 is 2.57 bits per heavy atom. The van der Waals surface area contributed by atoms with Crippen molar-refractivity contribution in [1.82, 2.24) is 19.7 Å². The third kappa shape index (κ3) is 5.34. The molecule has 3 unspecified atom stereocenters. The zero-order chi connectivity index (χ0) is 26.3. The van der Waals surface area contributed by atoms with Crippen LogP contribution in [-0.4, -0.2) is 82.2 Å². The van der Waals surface area contributed by atoms with Crippen molar-refractivity contribution in [2.24, 2.45) is 17.6 Å². The van der Waals surface area contributed by atoms with Gasteiger partial charge in [0.1, 0.15) is 6.04 Å². The Kier molecular flexibility index (Phi) is 7.72. The van der Waals surface area contributed by atoms with Gasteiger partial charge in [-0.3, -0.25) is 19.3 Å². The SMILES string of the molecule is CC(=O)N1CCN(CC2c3cnc(s3)N(C(=O)C(N)C3CCC(C)CC3)C(=O)C3C=CC(Cl)=CN32)CC1. The molecule has 200 valence electrons. The van der Waals surface area contributed by atoms with Crippen molar-refractivity contribution in [2.75, 3.05) is 37.6 Å². The molecule has 3 aliphatic heterocycles. The fourth-order valence-corrected chi connectivity index (χ4v) is 7.03. The molecule has 2 fully saturated rings. The lowest BCUT2D eigenvalue weighted by molar-refractivity contribution is -0.132. The second-order valence-electron chi connectivity index (χ2n) is 10.7. The molecule has 5 rings (SSSR count). The van der Waals surface area contributed by atoms with Crippen molar-refractivity contribution in [2.45, 2.75) is 57.7 Å². The molecular formula is C26H35ClN6O3S. The molecule has 4 heterocycles. The molecule has 9 nitrogen and oxygen atoms in total. The highest BCUT2D eigenvalue weighted by Gasteiger charge is 2.43. The fraction of sp³-hybridized carbons (Fsp3) is 0.615. The van der Waals surface area contributed by atoms with Crippen LogP contribution in [0, 0.1) is 11.8 Å². The lowest BCUT2D eigenvalue weighted by Gasteiger charge is -2.42. The number of amides is 3. The van der Waals surface area contributed by atoms with Crippen molar-refractivity contribution >= 4 is 45.8 Å². The normalized spacial score (nSPS) is 29.4. The van der Waals surface area contributed by atoms with E-state index >= 15 is 0 Å². The zero-order valence-electron chi connectivity index (χ0n) is 21.4. The van der Waals surface area contributed by atoms with Gasteiger partial charge in [-0.2, -0.15) is 0 Å². The summed E-state index contributed by atoms with van der Waals surface area (Å²) in [6.07, 6.45) is 10.9. The van der Waals surface area contributed by atoms with Gasteiger partial charge in [-0.15, -0.1) is 0 Å². The Labute approximate surface area is 226 Å². The van der Waals surface area contributed by atoms with Crippen molar-refractivity contribution in [3.63, 3.8) is 0 Å². The van der Waals surface area contributed by atoms with Crippen LogP contribution in [0.1, 0.15) is 50.4 Å². The summed E-state index contributed by atoms with van der Waals surface area (Å²) in [7, 11) is 0. The summed E-state index contributed by atoms with van der Waals surface area (Å²) in [5.74, 6) is 0.0647. The highest BCUT2D eigenvalue weighted by Crippen LogP contribution is 2.39. The van der Waals surface area contributed by atoms with Crippen LogP contribution in [0.25, 0.3) is 0 Å². The van der Waals surface area contributed by atoms with Gasteiger partial charge < -0.3 is 15.5 Å². The van der Waals surface area contributed by atoms with Crippen LogP contribution < -0.4 is 10.6 Å². The fourth-order valence-electron chi connectivity index (χ4n) is 5.82. The van der Waals surface area contributed by atoms with Crippen molar-refractivity contribution in [1.29, 1.82) is 0 Å². The number of imide groups is 1. The van der Waals surface area contributed by atoms with Gasteiger partial charge in [0, 0.05) is 52.0 Å². The first-order valence-electron chi connectivity index (χ1n) is 13.1. The Morgan fingerprint density at radius 2 is 1.89 bits per heavy atom. The minimum Gasteiger partial charge on any atom is -0.352 e. The van der Waals surface area contributed by atoms with Gasteiger partial charge in [0.25, 0.3) is 11.8 Å². The molecule has 3 atom stereocenters. The number of hydrogen-bond donors (Lipinski definition) is 1. The van der Waals surface area contributed by atoms with E-state index in [1.54, 1.807) is 31.5 Å². The molecule has 0 radical (unpaired) electrons. The Balaban J connectivity index is 1.42. The standard InChI is InChI=1S/C26H35ClN6O3S/c1-16-3-5-18(6-4-16)23(28)25(36)33-24(35)20-8-7-19(27)14-32(20)21(22-13-29-26(33)37-22)15-30-9-11-31(12-10-30)17(2)34/h7-8,13-14,16,18,20-21,23H,3-6,9-12,15,28H2,1-2H3. The van der Waals surface area contributed by atoms with Crippen molar-refractivity contribution in [3.8, 4) is 0 Å². The first-order chi connectivity index (χ1) is 17.7. The molecule has 3 amide bonds. The van der Waals surface area contributed by atoms with Gasteiger partial charge in [-0.25, -0.2) is 9.88 Å². The molecule has 0 spiro atoms. The summed E-state index contributed by atoms with van der Waals surface area (Å²) in [4.78, 5) is 52.2. The lowest BCUT2D eigenvalue weighted by Crippen LogP contribution is -2.57. The van der Waals surface area contributed by atoms with Gasteiger partial charge in [-0.05, 0) is 30.8 Å². The van der Waals surface area contributed by atoms with Crippen LogP contribution in [-0.2, 0) is 14.4 Å². The number of fused-ring (bicyclic) bond motifs is 3. The highest BCUT2D eigenvalue weighted by atomic mass is 35.5. The summed E-state index contributed by atoms with van der Waals surface area (Å²) in [5, 5.41) is 0.899. The number of nitrogens with two attached hydrogens (primary N) is 1. The van der Waals surface area contributed by atoms with E-state index < -0.39 is 12.1 Å². The Morgan fingerprint density at radius 1 is 1.19 bits per heavy atom. The number of halogens is 1. The average molecular weight is 547 g/mol. The quantitative estimate of drug-likeness (QED) is 0.619. The summed E-state index contributed by atoms with van der Waals surface area (Å²) >= 11 is 7.77. The van der Waals surface area contributed by atoms with Crippen LogP contribution in [0.3, 0.4) is 0 Å². The molecule has 2 N–H and O–H groups in total. The maximum atomic E-state index is 14.0. The van der Waals surface area contributed by atoms with Gasteiger partial charge in [0.05, 0.1) is 22.0 Å². The minimum absolute atomic E-state index is 0.0649. The monoisotopic (exact) mass is 546 g/mol. The van der Waals surface area contributed by atoms with E-state index in [-0.39, 0.29) is 29.7 Å². The van der Waals surface area contributed by atoms with Gasteiger partial charge in [-0.1, -0.05) is 48.8 Å². The molecule has 1 aromatic rings. The average Bonchev–Trinajstić information content (AvgIpc) is 3.37. The summed E-state index contributed by atoms with van der Waals surface area (Å²) in [6.45, 7) is 7.33. The molecule has 1 saturated heterocycles. The second-order valence-corrected chi connectivity index (χ2v) is 12.2. The van der Waals surface area contributed by atoms with E-state index in [0.29, 0.717) is 35.7 Å². The zero-order valence-corrected chi connectivity index (χ0v) is 23.0. The predicted molar refractivity (Wildman–Crippen MR) is 144 cm³/mol. The van der Waals surface area contributed by atoms with Gasteiger partial charge in [0.15, 0.2) is 5.13 Å². The molecule has 1 aromatic heterocycles. The number of anilines is 1. The third-order valence-electron chi connectivity index (χ3n) is 8.22. The summed E-state index contributed by atoms with van der Waals surface area (Å²) < 4.78 is 0. The number of aromatic nitrogens is 1. The number of piperazine rings is 1. The molecule has 37 heavy (non-hydrogen) atoms. The number of carbonyl (C=O) groups excluding carboxylic acids is 3. The number of allylic oxidation sites excluding steroid dienone is 2.